The van der Waals surface area contributed by atoms with Crippen molar-refractivity contribution in [3.8, 4) is 0 Å². The van der Waals surface area contributed by atoms with Gasteiger partial charge in [0, 0.05) is 12.1 Å². The zero-order valence-electron chi connectivity index (χ0n) is 13.8. The number of nitrogens with two attached hydrogens (primary N) is 1. The van der Waals surface area contributed by atoms with Gasteiger partial charge in [0.15, 0.2) is 0 Å². The van der Waals surface area contributed by atoms with Crippen LogP contribution in [0.5, 0.6) is 0 Å². The van der Waals surface area contributed by atoms with Crippen LogP contribution >= 0.6 is 12.4 Å². The molecule has 0 bridgehead atoms. The third-order valence-electron chi connectivity index (χ3n) is 2.84. The lowest BCUT2D eigenvalue weighted by molar-refractivity contribution is 0.497. The van der Waals surface area contributed by atoms with E-state index < -0.39 is 36.7 Å². The Hall–Kier alpha value is -0.940. The Morgan fingerprint density at radius 2 is 1.75 bits per heavy atom. The molecule has 0 radical (unpaired) electrons. The van der Waals surface area contributed by atoms with E-state index in [0.29, 0.717) is 0 Å². The Balaban J connectivity index is 0.00000529. The first-order valence-electron chi connectivity index (χ1n) is 6.84. The number of hydrogen-bond acceptors (Lipinski definition) is 5. The summed E-state index contributed by atoms with van der Waals surface area (Å²) in [5, 5.41) is -0.751. The van der Waals surface area contributed by atoms with Crippen LogP contribution in [0.25, 0.3) is 0 Å². The molecule has 0 aliphatic carbocycles. The molecule has 24 heavy (non-hydrogen) atoms. The van der Waals surface area contributed by atoms with Gasteiger partial charge >= 0.3 is 0 Å². The summed E-state index contributed by atoms with van der Waals surface area (Å²) in [5.41, 5.74) is 4.62. The molecule has 7 nitrogen and oxygen atoms in total. The SMILES string of the molecule is CC(C)S(=O)(=O)Nc1ccc(S(=O)(=O)NCC(C)(C)N)cc1F.Cl. The molecule has 0 saturated heterocycles. The van der Waals surface area contributed by atoms with Crippen molar-refractivity contribution in [2.24, 2.45) is 5.73 Å². The van der Waals surface area contributed by atoms with Gasteiger partial charge in [-0.2, -0.15) is 0 Å². The smallest absolute Gasteiger partial charge is 0.240 e. The second kappa shape index (κ2) is 7.96. The maximum Gasteiger partial charge on any atom is 0.240 e. The van der Waals surface area contributed by atoms with Crippen LogP contribution in [0.4, 0.5) is 10.1 Å². The monoisotopic (exact) mass is 403 g/mol. The van der Waals surface area contributed by atoms with Gasteiger partial charge in [0.1, 0.15) is 5.82 Å². The second-order valence-electron chi connectivity index (χ2n) is 6.15. The zero-order chi connectivity index (χ0) is 18.1. The maximum atomic E-state index is 14.0. The fraction of sp³-hybridized carbons (Fsp3) is 0.538. The molecule has 0 aromatic heterocycles. The summed E-state index contributed by atoms with van der Waals surface area (Å²) < 4.78 is 65.9. The molecule has 0 atom stereocenters. The van der Waals surface area contributed by atoms with Crippen LogP contribution < -0.4 is 15.2 Å². The van der Waals surface area contributed by atoms with Crippen LogP contribution in [0.15, 0.2) is 23.1 Å². The van der Waals surface area contributed by atoms with Gasteiger partial charge in [-0.1, -0.05) is 0 Å². The van der Waals surface area contributed by atoms with Gasteiger partial charge in [-0.05, 0) is 45.9 Å². The summed E-state index contributed by atoms with van der Waals surface area (Å²) in [4.78, 5) is -0.313. The minimum absolute atomic E-state index is 0. The molecule has 1 aromatic carbocycles. The van der Waals surface area contributed by atoms with Crippen LogP contribution in [0.3, 0.4) is 0 Å². The highest BCUT2D eigenvalue weighted by Crippen LogP contribution is 2.21. The topological polar surface area (TPSA) is 118 Å². The van der Waals surface area contributed by atoms with Gasteiger partial charge in [-0.15, -0.1) is 12.4 Å². The van der Waals surface area contributed by atoms with Gasteiger partial charge in [0.2, 0.25) is 20.0 Å². The van der Waals surface area contributed by atoms with E-state index in [-0.39, 0.29) is 29.5 Å². The number of halogens is 2. The van der Waals surface area contributed by atoms with Crippen LogP contribution in [0.1, 0.15) is 27.7 Å². The number of hydrogen-bond donors (Lipinski definition) is 3. The molecule has 0 aliphatic rings. The van der Waals surface area contributed by atoms with E-state index in [1.165, 1.54) is 13.8 Å². The number of rotatable bonds is 7. The lowest BCUT2D eigenvalue weighted by Crippen LogP contribution is -2.45. The maximum absolute atomic E-state index is 14.0. The highest BCUT2D eigenvalue weighted by atomic mass is 35.5. The van der Waals surface area contributed by atoms with Crippen molar-refractivity contribution in [3.63, 3.8) is 0 Å². The molecule has 11 heteroatoms. The van der Waals surface area contributed by atoms with Gasteiger partial charge in [0.05, 0.1) is 15.8 Å². The standard InChI is InChI=1S/C13H22FN3O4S2.ClH/c1-9(2)22(18,19)17-12-6-5-10(7-11(12)14)23(20,21)16-8-13(3,4)15;/h5-7,9,16-17H,8,15H2,1-4H3;1H. The fourth-order valence-corrected chi connectivity index (χ4v) is 3.32. The Kier molecular flexibility index (Phi) is 7.65. The zero-order valence-corrected chi connectivity index (χ0v) is 16.3. The molecule has 0 spiro atoms. The molecule has 140 valence electrons. The first-order valence-corrected chi connectivity index (χ1v) is 9.87. The van der Waals surface area contributed by atoms with Crippen molar-refractivity contribution in [1.82, 2.24) is 4.72 Å². The largest absolute Gasteiger partial charge is 0.324 e. The Morgan fingerprint density at radius 1 is 1.21 bits per heavy atom. The fourth-order valence-electron chi connectivity index (χ4n) is 1.38. The molecule has 0 amide bonds. The van der Waals surface area contributed by atoms with Crippen molar-refractivity contribution in [2.75, 3.05) is 11.3 Å². The normalized spacial score (nSPS) is 12.8. The molecule has 4 N–H and O–H groups in total. The summed E-state index contributed by atoms with van der Waals surface area (Å²) in [6.45, 7) is 6.13. The first-order chi connectivity index (χ1) is 10.2. The lowest BCUT2D eigenvalue weighted by Gasteiger charge is -2.19. The van der Waals surface area contributed by atoms with E-state index in [1.54, 1.807) is 13.8 Å². The highest BCUT2D eigenvalue weighted by molar-refractivity contribution is 7.93. The number of anilines is 1. The minimum atomic E-state index is -3.94. The Bertz CT molecular complexity index is 775. The highest BCUT2D eigenvalue weighted by Gasteiger charge is 2.22. The first kappa shape index (κ1) is 23.1. The summed E-state index contributed by atoms with van der Waals surface area (Å²) in [5.74, 6) is -0.982. The Labute approximate surface area is 148 Å². The molecule has 1 aromatic rings. The van der Waals surface area contributed by atoms with Crippen molar-refractivity contribution in [2.45, 2.75) is 43.4 Å². The van der Waals surface area contributed by atoms with Gasteiger partial charge < -0.3 is 5.73 Å². The summed E-state index contributed by atoms with van der Waals surface area (Å²) in [6.07, 6.45) is 0. The van der Waals surface area contributed by atoms with E-state index >= 15 is 0 Å². The van der Waals surface area contributed by atoms with Crippen LogP contribution in [-0.2, 0) is 20.0 Å². The molecule has 0 aliphatic heterocycles. The minimum Gasteiger partial charge on any atom is -0.324 e. The average molecular weight is 404 g/mol. The van der Waals surface area contributed by atoms with E-state index in [0.717, 1.165) is 18.2 Å². The van der Waals surface area contributed by atoms with Gasteiger partial charge in [0.25, 0.3) is 0 Å². The molecule has 0 heterocycles. The molecule has 0 saturated carbocycles. The molecular weight excluding hydrogens is 381 g/mol. The second-order valence-corrected chi connectivity index (χ2v) is 10.2. The molecule has 0 unspecified atom stereocenters. The van der Waals surface area contributed by atoms with E-state index in [2.05, 4.69) is 9.44 Å². The summed E-state index contributed by atoms with van der Waals surface area (Å²) in [7, 11) is -7.66. The molecule has 0 fully saturated rings. The van der Waals surface area contributed by atoms with Crippen molar-refractivity contribution in [1.29, 1.82) is 0 Å². The van der Waals surface area contributed by atoms with E-state index in [1.807, 2.05) is 0 Å². The Morgan fingerprint density at radius 3 is 2.17 bits per heavy atom. The number of sulfonamides is 2. The van der Waals surface area contributed by atoms with Crippen LogP contribution in [0.2, 0.25) is 0 Å². The molecular formula is C13H23ClFN3O4S2. The van der Waals surface area contributed by atoms with Crippen LogP contribution in [-0.4, -0.2) is 34.2 Å². The van der Waals surface area contributed by atoms with Crippen molar-refractivity contribution < 1.29 is 21.2 Å². The van der Waals surface area contributed by atoms with Crippen molar-refractivity contribution in [3.05, 3.63) is 24.0 Å². The molecule has 1 rings (SSSR count). The lowest BCUT2D eigenvalue weighted by atomic mass is 10.1. The summed E-state index contributed by atoms with van der Waals surface area (Å²) >= 11 is 0. The average Bonchev–Trinajstić information content (AvgIpc) is 2.37. The van der Waals surface area contributed by atoms with E-state index in [9.17, 15) is 21.2 Å². The quantitative estimate of drug-likeness (QED) is 0.636. The van der Waals surface area contributed by atoms with Crippen LogP contribution in [0, 0.1) is 5.82 Å². The summed E-state index contributed by atoms with van der Waals surface area (Å²) in [6, 6.07) is 2.94. The third kappa shape index (κ3) is 6.52. The number of nitrogens with one attached hydrogen (secondary N) is 2. The van der Waals surface area contributed by atoms with Gasteiger partial charge in [-0.25, -0.2) is 25.9 Å². The predicted molar refractivity (Wildman–Crippen MR) is 94.8 cm³/mol. The third-order valence-corrected chi connectivity index (χ3v) is 5.99. The predicted octanol–water partition coefficient (Wildman–Crippen LogP) is 1.41. The number of benzene rings is 1. The van der Waals surface area contributed by atoms with Gasteiger partial charge in [-0.3, -0.25) is 4.72 Å². The van der Waals surface area contributed by atoms with E-state index in [4.69, 9.17) is 5.73 Å². The van der Waals surface area contributed by atoms with Crippen molar-refractivity contribution >= 4 is 38.1 Å².